The van der Waals surface area contributed by atoms with Gasteiger partial charge in [-0.1, -0.05) is 23.8 Å². The lowest BCUT2D eigenvalue weighted by molar-refractivity contribution is -0.121. The number of carbonyl (C=O) groups excluding carboxylic acids is 1. The van der Waals surface area contributed by atoms with Crippen molar-refractivity contribution in [2.75, 3.05) is 11.9 Å². The van der Waals surface area contributed by atoms with Crippen molar-refractivity contribution in [3.05, 3.63) is 52.6 Å². The maximum atomic E-state index is 12.0. The van der Waals surface area contributed by atoms with Gasteiger partial charge in [0.25, 0.3) is 5.91 Å². The number of rotatable bonds is 4. The Morgan fingerprint density at radius 2 is 1.76 bits per heavy atom. The monoisotopic (exact) mass is 358 g/mol. The third-order valence-corrected chi connectivity index (χ3v) is 3.84. The fourth-order valence-electron chi connectivity index (χ4n) is 2.48. The fraction of sp³-hybridized carbons (Fsp3) is 0.263. The fourth-order valence-corrected chi connectivity index (χ4v) is 2.70. The molecule has 0 saturated heterocycles. The highest BCUT2D eigenvalue weighted by Gasteiger charge is 2.10. The SMILES string of the molecule is Cc1ccc(OCC(=O)NC(=S)Nc2cc(C)cc(C)c2O)c(C)c1. The zero-order chi connectivity index (χ0) is 18.6. The van der Waals surface area contributed by atoms with Crippen LogP contribution in [0.5, 0.6) is 11.5 Å². The first-order valence-electron chi connectivity index (χ1n) is 7.87. The normalized spacial score (nSPS) is 10.2. The largest absolute Gasteiger partial charge is 0.505 e. The Hall–Kier alpha value is -2.60. The molecule has 0 radical (unpaired) electrons. The Labute approximate surface area is 153 Å². The predicted octanol–water partition coefficient (Wildman–Crippen LogP) is 3.52. The first-order chi connectivity index (χ1) is 11.8. The molecule has 0 atom stereocenters. The Balaban J connectivity index is 1.91. The molecule has 1 amide bonds. The van der Waals surface area contributed by atoms with Gasteiger partial charge >= 0.3 is 0 Å². The molecule has 0 spiro atoms. The van der Waals surface area contributed by atoms with Crippen molar-refractivity contribution in [1.29, 1.82) is 0 Å². The Bertz CT molecular complexity index is 819. The molecule has 2 aromatic rings. The second kappa shape index (κ2) is 7.98. The van der Waals surface area contributed by atoms with Crippen molar-refractivity contribution >= 4 is 28.9 Å². The number of carbonyl (C=O) groups is 1. The summed E-state index contributed by atoms with van der Waals surface area (Å²) in [7, 11) is 0. The van der Waals surface area contributed by atoms with Crippen LogP contribution in [0.15, 0.2) is 30.3 Å². The summed E-state index contributed by atoms with van der Waals surface area (Å²) < 4.78 is 5.52. The van der Waals surface area contributed by atoms with Gasteiger partial charge < -0.3 is 15.2 Å². The van der Waals surface area contributed by atoms with Crippen LogP contribution < -0.4 is 15.4 Å². The number of anilines is 1. The van der Waals surface area contributed by atoms with E-state index in [1.807, 2.05) is 45.0 Å². The molecule has 0 saturated carbocycles. The van der Waals surface area contributed by atoms with E-state index in [0.717, 1.165) is 22.3 Å². The minimum Gasteiger partial charge on any atom is -0.505 e. The molecular weight excluding hydrogens is 336 g/mol. The van der Waals surface area contributed by atoms with Crippen LogP contribution in [-0.2, 0) is 4.79 Å². The molecule has 0 heterocycles. The van der Waals surface area contributed by atoms with Crippen LogP contribution >= 0.6 is 12.2 Å². The average Bonchev–Trinajstić information content (AvgIpc) is 2.51. The molecule has 5 nitrogen and oxygen atoms in total. The van der Waals surface area contributed by atoms with Gasteiger partial charge in [-0.15, -0.1) is 0 Å². The number of aromatic hydroxyl groups is 1. The quantitative estimate of drug-likeness (QED) is 0.576. The summed E-state index contributed by atoms with van der Waals surface area (Å²) in [6, 6.07) is 9.37. The number of nitrogens with one attached hydrogen (secondary N) is 2. The summed E-state index contributed by atoms with van der Waals surface area (Å²) in [5, 5.41) is 15.5. The number of amides is 1. The lowest BCUT2D eigenvalue weighted by atomic mass is 10.1. The van der Waals surface area contributed by atoms with Crippen molar-refractivity contribution in [2.45, 2.75) is 27.7 Å². The smallest absolute Gasteiger partial charge is 0.264 e. The molecule has 0 bridgehead atoms. The van der Waals surface area contributed by atoms with Crippen LogP contribution in [0.2, 0.25) is 0 Å². The maximum absolute atomic E-state index is 12.0. The molecule has 3 N–H and O–H groups in total. The maximum Gasteiger partial charge on any atom is 0.264 e. The summed E-state index contributed by atoms with van der Waals surface area (Å²) >= 11 is 5.12. The molecule has 6 heteroatoms. The summed E-state index contributed by atoms with van der Waals surface area (Å²) in [5.74, 6) is 0.390. The topological polar surface area (TPSA) is 70.6 Å². The van der Waals surface area contributed by atoms with Gasteiger partial charge in [-0.25, -0.2) is 0 Å². The van der Waals surface area contributed by atoms with Crippen molar-refractivity contribution in [2.24, 2.45) is 0 Å². The molecule has 0 aliphatic carbocycles. The van der Waals surface area contributed by atoms with Gasteiger partial charge in [0.2, 0.25) is 0 Å². The number of phenols is 1. The van der Waals surface area contributed by atoms with Gasteiger partial charge in [-0.05, 0) is 68.7 Å². The van der Waals surface area contributed by atoms with E-state index < -0.39 is 0 Å². The van der Waals surface area contributed by atoms with Crippen LogP contribution in [0.3, 0.4) is 0 Å². The first-order valence-corrected chi connectivity index (χ1v) is 8.28. The molecule has 0 fully saturated rings. The summed E-state index contributed by atoms with van der Waals surface area (Å²) in [5.41, 5.74) is 4.26. The standard InChI is InChI=1S/C19H22N2O3S/c1-11-5-6-16(13(3)7-11)24-10-17(22)21-19(25)20-15-9-12(2)8-14(4)18(15)23/h5-9,23H,10H2,1-4H3,(H2,20,21,22,25). The molecule has 132 valence electrons. The number of hydrogen-bond acceptors (Lipinski definition) is 4. The minimum atomic E-state index is -0.374. The molecule has 0 unspecified atom stereocenters. The predicted molar refractivity (Wildman–Crippen MR) is 103 cm³/mol. The number of aryl methyl sites for hydroxylation is 4. The lowest BCUT2D eigenvalue weighted by Gasteiger charge is -2.14. The van der Waals surface area contributed by atoms with Crippen LogP contribution in [0.25, 0.3) is 0 Å². The Kier molecular flexibility index (Phi) is 5.98. The first kappa shape index (κ1) is 18.7. The number of hydrogen-bond donors (Lipinski definition) is 3. The number of ether oxygens (including phenoxy) is 1. The minimum absolute atomic E-state index is 0.105. The molecule has 2 rings (SSSR count). The van der Waals surface area contributed by atoms with E-state index in [1.165, 1.54) is 0 Å². The van der Waals surface area contributed by atoms with Crippen LogP contribution in [0, 0.1) is 27.7 Å². The van der Waals surface area contributed by atoms with Gasteiger partial charge in [0.15, 0.2) is 11.7 Å². The van der Waals surface area contributed by atoms with E-state index in [2.05, 4.69) is 10.6 Å². The highest BCUT2D eigenvalue weighted by Crippen LogP contribution is 2.28. The van der Waals surface area contributed by atoms with Crippen molar-refractivity contribution < 1.29 is 14.6 Å². The van der Waals surface area contributed by atoms with E-state index in [1.54, 1.807) is 13.0 Å². The third-order valence-electron chi connectivity index (χ3n) is 3.64. The van der Waals surface area contributed by atoms with Crippen molar-refractivity contribution in [3.63, 3.8) is 0 Å². The highest BCUT2D eigenvalue weighted by molar-refractivity contribution is 7.80. The average molecular weight is 358 g/mol. The van der Waals surface area contributed by atoms with E-state index >= 15 is 0 Å². The van der Waals surface area contributed by atoms with Gasteiger partial charge in [-0.3, -0.25) is 10.1 Å². The molecule has 0 aromatic heterocycles. The number of thiocarbonyl (C=S) groups is 1. The second-order valence-electron chi connectivity index (χ2n) is 6.04. The lowest BCUT2D eigenvalue weighted by Crippen LogP contribution is -2.37. The van der Waals surface area contributed by atoms with Gasteiger partial charge in [0.05, 0.1) is 5.69 Å². The second-order valence-corrected chi connectivity index (χ2v) is 6.45. The molecule has 0 aliphatic heterocycles. The Morgan fingerprint density at radius 3 is 2.44 bits per heavy atom. The van der Waals surface area contributed by atoms with E-state index in [9.17, 15) is 9.90 Å². The van der Waals surface area contributed by atoms with Crippen molar-refractivity contribution in [1.82, 2.24) is 5.32 Å². The van der Waals surface area contributed by atoms with Crippen molar-refractivity contribution in [3.8, 4) is 11.5 Å². The molecular formula is C19H22N2O3S. The highest BCUT2D eigenvalue weighted by atomic mass is 32.1. The third kappa shape index (κ3) is 5.19. The number of phenolic OH excluding ortho intramolecular Hbond substituents is 1. The number of benzene rings is 2. The summed E-state index contributed by atoms with van der Waals surface area (Å²) in [6.45, 7) is 7.49. The van der Waals surface area contributed by atoms with E-state index in [-0.39, 0.29) is 23.4 Å². The molecule has 0 aliphatic rings. The van der Waals surface area contributed by atoms with E-state index in [4.69, 9.17) is 17.0 Å². The van der Waals surface area contributed by atoms with Gasteiger partial charge in [0.1, 0.15) is 11.5 Å². The summed E-state index contributed by atoms with van der Waals surface area (Å²) in [4.78, 5) is 12.0. The van der Waals surface area contributed by atoms with Gasteiger partial charge in [0, 0.05) is 0 Å². The van der Waals surface area contributed by atoms with Crippen LogP contribution in [0.4, 0.5) is 5.69 Å². The Morgan fingerprint density at radius 1 is 1.08 bits per heavy atom. The zero-order valence-electron chi connectivity index (χ0n) is 14.8. The van der Waals surface area contributed by atoms with Gasteiger partial charge in [-0.2, -0.15) is 0 Å². The van der Waals surface area contributed by atoms with Crippen LogP contribution in [-0.4, -0.2) is 22.7 Å². The molecule has 2 aromatic carbocycles. The van der Waals surface area contributed by atoms with E-state index in [0.29, 0.717) is 11.4 Å². The van der Waals surface area contributed by atoms with Crippen LogP contribution in [0.1, 0.15) is 22.3 Å². The zero-order valence-corrected chi connectivity index (χ0v) is 15.6. The molecule has 25 heavy (non-hydrogen) atoms. The summed E-state index contributed by atoms with van der Waals surface area (Å²) in [6.07, 6.45) is 0.